The van der Waals surface area contributed by atoms with Crippen molar-refractivity contribution >= 4 is 17.6 Å². The Morgan fingerprint density at radius 3 is 2.71 bits per heavy atom. The minimum absolute atomic E-state index is 0.222. The van der Waals surface area contributed by atoms with Crippen LogP contribution in [0.4, 0.5) is 0 Å². The topological polar surface area (TPSA) is 75.7 Å². The van der Waals surface area contributed by atoms with Gasteiger partial charge in [0.2, 0.25) is 0 Å². The Balaban J connectivity index is 2.53. The van der Waals surface area contributed by atoms with Crippen molar-refractivity contribution in [2.45, 2.75) is 30.2 Å². The Morgan fingerprint density at radius 2 is 2.21 bits per heavy atom. The lowest BCUT2D eigenvalue weighted by Gasteiger charge is -2.11. The Bertz CT molecular complexity index is 288. The summed E-state index contributed by atoms with van der Waals surface area (Å²) in [6.07, 6.45) is 4.99. The highest BCUT2D eigenvalue weighted by molar-refractivity contribution is 7.99. The maximum absolute atomic E-state index is 7.22. The van der Waals surface area contributed by atoms with Gasteiger partial charge in [0.05, 0.1) is 5.84 Å². The van der Waals surface area contributed by atoms with Gasteiger partial charge in [0.1, 0.15) is 0 Å². The molecule has 1 aromatic heterocycles. The molecule has 1 atom stereocenters. The van der Waals surface area contributed by atoms with Crippen LogP contribution in [0.15, 0.2) is 23.6 Å². The molecule has 1 rings (SSSR count). The Labute approximate surface area is 87.8 Å². The predicted molar refractivity (Wildman–Crippen MR) is 58.5 cm³/mol. The summed E-state index contributed by atoms with van der Waals surface area (Å²) in [4.78, 5) is 8.23. The third-order valence-electron chi connectivity index (χ3n) is 1.72. The fraction of sp³-hybridized carbons (Fsp3) is 0.444. The fourth-order valence-electron chi connectivity index (χ4n) is 1.01. The third-order valence-corrected chi connectivity index (χ3v) is 2.97. The van der Waals surface area contributed by atoms with Crippen LogP contribution in [0.5, 0.6) is 0 Å². The van der Waals surface area contributed by atoms with Gasteiger partial charge in [-0.1, -0.05) is 18.7 Å². The van der Waals surface area contributed by atoms with E-state index in [1.807, 2.05) is 0 Å². The number of amidine groups is 1. The molecule has 0 amide bonds. The van der Waals surface area contributed by atoms with Gasteiger partial charge in [-0.15, -0.1) is 0 Å². The molecular formula is C9H14N4S. The molecule has 0 radical (unpaired) electrons. The summed E-state index contributed by atoms with van der Waals surface area (Å²) >= 11 is 1.57. The van der Waals surface area contributed by atoms with E-state index in [0.29, 0.717) is 11.7 Å². The van der Waals surface area contributed by atoms with Gasteiger partial charge in [-0.05, 0) is 12.5 Å². The molecule has 14 heavy (non-hydrogen) atoms. The van der Waals surface area contributed by atoms with E-state index < -0.39 is 0 Å². The quantitative estimate of drug-likeness (QED) is 0.335. The molecule has 0 aromatic carbocycles. The average Bonchev–Trinajstić information content (AvgIpc) is 2.17. The lowest BCUT2D eigenvalue weighted by molar-refractivity contribution is 0.837. The highest BCUT2D eigenvalue weighted by Crippen LogP contribution is 2.23. The van der Waals surface area contributed by atoms with Crippen molar-refractivity contribution in [3.8, 4) is 0 Å². The molecule has 1 heterocycles. The van der Waals surface area contributed by atoms with E-state index in [0.717, 1.165) is 11.6 Å². The molecule has 0 saturated heterocycles. The van der Waals surface area contributed by atoms with E-state index in [2.05, 4.69) is 16.9 Å². The first kappa shape index (κ1) is 11.0. The van der Waals surface area contributed by atoms with Gasteiger partial charge >= 0.3 is 0 Å². The molecule has 0 aliphatic rings. The van der Waals surface area contributed by atoms with Gasteiger partial charge in [-0.2, -0.15) is 0 Å². The largest absolute Gasteiger partial charge is 0.388 e. The highest BCUT2D eigenvalue weighted by Gasteiger charge is 2.10. The third kappa shape index (κ3) is 3.74. The number of nitrogens with zero attached hydrogens (tertiary/aromatic N) is 2. The van der Waals surface area contributed by atoms with Crippen molar-refractivity contribution in [2.75, 3.05) is 0 Å². The predicted octanol–water partition coefficient (Wildman–Crippen LogP) is 1.67. The van der Waals surface area contributed by atoms with E-state index in [-0.39, 0.29) is 5.84 Å². The van der Waals surface area contributed by atoms with Gasteiger partial charge in [-0.3, -0.25) is 5.41 Å². The van der Waals surface area contributed by atoms with Gasteiger partial charge < -0.3 is 5.73 Å². The van der Waals surface area contributed by atoms with Crippen LogP contribution in [0.2, 0.25) is 0 Å². The first-order valence-electron chi connectivity index (χ1n) is 4.49. The maximum atomic E-state index is 7.22. The van der Waals surface area contributed by atoms with Crippen LogP contribution in [0, 0.1) is 5.41 Å². The van der Waals surface area contributed by atoms with E-state index in [1.165, 1.54) is 0 Å². The average molecular weight is 210 g/mol. The standard InChI is InChI=1S/C9H14N4S/c1-2-7(6-8(10)11)14-9-12-4-3-5-13-9/h3-5,7H,2,6H2,1H3,(H3,10,11). The van der Waals surface area contributed by atoms with Crippen molar-refractivity contribution in [2.24, 2.45) is 5.73 Å². The molecule has 1 unspecified atom stereocenters. The van der Waals surface area contributed by atoms with E-state index in [4.69, 9.17) is 11.1 Å². The first-order valence-corrected chi connectivity index (χ1v) is 5.37. The monoisotopic (exact) mass is 210 g/mol. The Hall–Kier alpha value is -1.10. The summed E-state index contributed by atoms with van der Waals surface area (Å²) < 4.78 is 0. The van der Waals surface area contributed by atoms with Crippen LogP contribution in [-0.2, 0) is 0 Å². The van der Waals surface area contributed by atoms with Crippen LogP contribution in [0.3, 0.4) is 0 Å². The number of hydrogen-bond acceptors (Lipinski definition) is 4. The molecule has 5 heteroatoms. The number of nitrogens with one attached hydrogen (secondary N) is 1. The van der Waals surface area contributed by atoms with Gasteiger partial charge in [0.15, 0.2) is 5.16 Å². The summed E-state index contributed by atoms with van der Waals surface area (Å²) in [5.74, 6) is 0.222. The van der Waals surface area contributed by atoms with E-state index in [1.54, 1.807) is 30.2 Å². The van der Waals surface area contributed by atoms with Crippen molar-refractivity contribution in [1.82, 2.24) is 9.97 Å². The molecule has 3 N–H and O–H groups in total. The van der Waals surface area contributed by atoms with Crippen LogP contribution < -0.4 is 5.73 Å². The van der Waals surface area contributed by atoms with Crippen molar-refractivity contribution in [3.63, 3.8) is 0 Å². The second-order valence-electron chi connectivity index (χ2n) is 2.91. The zero-order valence-corrected chi connectivity index (χ0v) is 8.92. The van der Waals surface area contributed by atoms with Crippen LogP contribution >= 0.6 is 11.8 Å². The van der Waals surface area contributed by atoms with Crippen LogP contribution in [-0.4, -0.2) is 21.1 Å². The molecular weight excluding hydrogens is 196 g/mol. The molecule has 0 spiro atoms. The molecule has 0 aliphatic heterocycles. The van der Waals surface area contributed by atoms with Gasteiger partial charge in [0.25, 0.3) is 0 Å². The van der Waals surface area contributed by atoms with Crippen LogP contribution in [0.25, 0.3) is 0 Å². The van der Waals surface area contributed by atoms with Crippen LogP contribution in [0.1, 0.15) is 19.8 Å². The van der Waals surface area contributed by atoms with Crippen molar-refractivity contribution < 1.29 is 0 Å². The smallest absolute Gasteiger partial charge is 0.187 e. The molecule has 4 nitrogen and oxygen atoms in total. The number of thioether (sulfide) groups is 1. The summed E-state index contributed by atoms with van der Waals surface area (Å²) in [6.45, 7) is 2.07. The Morgan fingerprint density at radius 1 is 1.57 bits per heavy atom. The minimum Gasteiger partial charge on any atom is -0.388 e. The zero-order valence-electron chi connectivity index (χ0n) is 8.10. The lowest BCUT2D eigenvalue weighted by atomic mass is 10.2. The molecule has 0 saturated carbocycles. The summed E-state index contributed by atoms with van der Waals surface area (Å²) in [7, 11) is 0. The summed E-state index contributed by atoms with van der Waals surface area (Å²) in [6, 6.07) is 1.79. The second kappa shape index (κ2) is 5.59. The Kier molecular flexibility index (Phi) is 4.39. The second-order valence-corrected chi connectivity index (χ2v) is 4.18. The summed E-state index contributed by atoms with van der Waals surface area (Å²) in [5, 5.41) is 8.27. The number of hydrogen-bond donors (Lipinski definition) is 2. The first-order chi connectivity index (χ1) is 6.72. The maximum Gasteiger partial charge on any atom is 0.187 e. The van der Waals surface area contributed by atoms with Gasteiger partial charge in [-0.25, -0.2) is 9.97 Å². The minimum atomic E-state index is 0.222. The lowest BCUT2D eigenvalue weighted by Crippen LogP contribution is -2.16. The fourth-order valence-corrected chi connectivity index (χ4v) is 1.98. The zero-order chi connectivity index (χ0) is 10.4. The summed E-state index contributed by atoms with van der Waals surface area (Å²) in [5.41, 5.74) is 5.35. The van der Waals surface area contributed by atoms with Crippen molar-refractivity contribution in [1.29, 1.82) is 5.41 Å². The molecule has 1 aromatic rings. The number of nitrogens with two attached hydrogens (primary N) is 1. The number of rotatable bonds is 5. The molecule has 0 bridgehead atoms. The SMILES string of the molecule is CCC(CC(=N)N)Sc1ncccn1. The van der Waals surface area contributed by atoms with E-state index in [9.17, 15) is 0 Å². The molecule has 0 aliphatic carbocycles. The number of aromatic nitrogens is 2. The van der Waals surface area contributed by atoms with E-state index >= 15 is 0 Å². The van der Waals surface area contributed by atoms with Gasteiger partial charge in [0, 0.05) is 24.1 Å². The van der Waals surface area contributed by atoms with Crippen molar-refractivity contribution in [3.05, 3.63) is 18.5 Å². The normalized spacial score (nSPS) is 12.4. The molecule has 0 fully saturated rings. The highest BCUT2D eigenvalue weighted by atomic mass is 32.2. The molecule has 76 valence electrons.